The van der Waals surface area contributed by atoms with Gasteiger partial charge >= 0.3 is 5.97 Å². The Morgan fingerprint density at radius 3 is 2.82 bits per heavy atom. The fraction of sp³-hybridized carbons (Fsp3) is 0.333. The second kappa shape index (κ2) is 5.84. The summed E-state index contributed by atoms with van der Waals surface area (Å²) in [5.41, 5.74) is 1.10. The van der Waals surface area contributed by atoms with E-state index in [1.165, 1.54) is 29.7 Å². The third kappa shape index (κ3) is 3.14. The topological polar surface area (TPSA) is 92.2 Å². The molecule has 6 nitrogen and oxygen atoms in total. The third-order valence-electron chi connectivity index (χ3n) is 3.52. The van der Waals surface area contributed by atoms with Gasteiger partial charge in [0.15, 0.2) is 0 Å². The number of nitrogens with one attached hydrogen (secondary N) is 1. The van der Waals surface area contributed by atoms with Crippen LogP contribution in [0.5, 0.6) is 0 Å². The number of carboxylic acids is 1. The zero-order valence-electron chi connectivity index (χ0n) is 11.9. The second-order valence-electron chi connectivity index (χ2n) is 5.35. The zero-order valence-corrected chi connectivity index (χ0v) is 12.8. The van der Waals surface area contributed by atoms with Gasteiger partial charge < -0.3 is 10.4 Å². The van der Waals surface area contributed by atoms with E-state index >= 15 is 0 Å². The van der Waals surface area contributed by atoms with E-state index in [2.05, 4.69) is 15.3 Å². The van der Waals surface area contributed by atoms with Crippen molar-refractivity contribution in [1.82, 2.24) is 15.3 Å². The summed E-state index contributed by atoms with van der Waals surface area (Å²) in [7, 11) is 0. The van der Waals surface area contributed by atoms with Crippen molar-refractivity contribution >= 4 is 23.2 Å². The molecule has 114 valence electrons. The maximum absolute atomic E-state index is 12.4. The molecule has 2 aromatic rings. The van der Waals surface area contributed by atoms with Crippen LogP contribution in [0.2, 0.25) is 0 Å². The molecule has 0 bridgehead atoms. The minimum absolute atomic E-state index is 0.0493. The van der Waals surface area contributed by atoms with Gasteiger partial charge in [-0.15, -0.1) is 11.3 Å². The minimum Gasteiger partial charge on any atom is -0.478 e. The lowest BCUT2D eigenvalue weighted by Crippen LogP contribution is -2.30. The van der Waals surface area contributed by atoms with Crippen LogP contribution in [0.15, 0.2) is 23.7 Å². The number of aromatic nitrogens is 2. The van der Waals surface area contributed by atoms with Crippen LogP contribution in [0, 0.1) is 12.8 Å². The quantitative estimate of drug-likeness (QED) is 0.883. The fourth-order valence-corrected chi connectivity index (χ4v) is 3.17. The average Bonchev–Trinajstić information content (AvgIpc) is 3.26. The van der Waals surface area contributed by atoms with Crippen molar-refractivity contribution in [2.75, 3.05) is 0 Å². The molecule has 1 atom stereocenters. The van der Waals surface area contributed by atoms with Crippen molar-refractivity contribution < 1.29 is 14.7 Å². The summed E-state index contributed by atoms with van der Waals surface area (Å²) in [5, 5.41) is 14.8. The van der Waals surface area contributed by atoms with Gasteiger partial charge in [-0.2, -0.15) is 0 Å². The number of nitrogens with zero attached hydrogens (tertiary/aromatic N) is 2. The van der Waals surface area contributed by atoms with Crippen molar-refractivity contribution in [2.24, 2.45) is 5.92 Å². The van der Waals surface area contributed by atoms with Crippen LogP contribution in [-0.4, -0.2) is 27.0 Å². The molecule has 0 aliphatic heterocycles. The normalized spacial score (nSPS) is 15.3. The first-order valence-corrected chi connectivity index (χ1v) is 7.85. The van der Waals surface area contributed by atoms with E-state index in [9.17, 15) is 9.59 Å². The Labute approximate surface area is 131 Å². The monoisotopic (exact) mass is 317 g/mol. The second-order valence-corrected chi connectivity index (χ2v) is 6.24. The summed E-state index contributed by atoms with van der Waals surface area (Å²) in [4.78, 5) is 31.7. The SMILES string of the molecule is Cc1csc(C(NC(=O)c2cc(C(=O)O)ccn2)C2CC2)n1. The number of aromatic carboxylic acids is 1. The van der Waals surface area contributed by atoms with Crippen LogP contribution in [0.4, 0.5) is 0 Å². The Balaban J connectivity index is 1.79. The zero-order chi connectivity index (χ0) is 15.7. The molecule has 2 heterocycles. The molecule has 0 radical (unpaired) electrons. The standard InChI is InChI=1S/C15H15N3O3S/c1-8-7-22-14(17-8)12(9-2-3-9)18-13(19)11-6-10(15(20)21)4-5-16-11/h4-7,9,12H,2-3H2,1H3,(H,18,19)(H,20,21). The van der Waals surface area contributed by atoms with Crippen molar-refractivity contribution in [3.05, 3.63) is 45.7 Å². The first kappa shape index (κ1) is 14.6. The molecular weight excluding hydrogens is 302 g/mol. The number of aryl methyl sites for hydroxylation is 1. The van der Waals surface area contributed by atoms with Gasteiger partial charge in [0, 0.05) is 17.3 Å². The Morgan fingerprint density at radius 2 is 2.23 bits per heavy atom. The van der Waals surface area contributed by atoms with Crippen LogP contribution >= 0.6 is 11.3 Å². The summed E-state index contributed by atoms with van der Waals surface area (Å²) < 4.78 is 0. The molecule has 1 saturated carbocycles. The highest BCUT2D eigenvalue weighted by Crippen LogP contribution is 2.41. The molecule has 2 aromatic heterocycles. The number of thiazole rings is 1. The first-order valence-electron chi connectivity index (χ1n) is 6.97. The van der Waals surface area contributed by atoms with Crippen LogP contribution in [-0.2, 0) is 0 Å². The van der Waals surface area contributed by atoms with E-state index in [0.717, 1.165) is 23.5 Å². The number of carbonyl (C=O) groups is 2. The van der Waals surface area contributed by atoms with Crippen LogP contribution in [0.25, 0.3) is 0 Å². The van der Waals surface area contributed by atoms with E-state index in [1.807, 2.05) is 12.3 Å². The Kier molecular flexibility index (Phi) is 3.89. The molecule has 1 fully saturated rings. The maximum atomic E-state index is 12.4. The van der Waals surface area contributed by atoms with Gasteiger partial charge in [-0.3, -0.25) is 9.78 Å². The molecule has 0 saturated heterocycles. The molecule has 0 aromatic carbocycles. The fourth-order valence-electron chi connectivity index (χ4n) is 2.23. The molecule has 1 aliphatic rings. The number of hydrogen-bond acceptors (Lipinski definition) is 5. The highest BCUT2D eigenvalue weighted by molar-refractivity contribution is 7.09. The van der Waals surface area contributed by atoms with Gasteiger partial charge in [0.2, 0.25) is 0 Å². The molecular formula is C15H15N3O3S. The van der Waals surface area contributed by atoms with Crippen molar-refractivity contribution in [3.8, 4) is 0 Å². The lowest BCUT2D eigenvalue weighted by Gasteiger charge is -2.15. The van der Waals surface area contributed by atoms with Gasteiger partial charge in [0.25, 0.3) is 5.91 Å². The highest BCUT2D eigenvalue weighted by atomic mass is 32.1. The summed E-state index contributed by atoms with van der Waals surface area (Å²) in [5.74, 6) is -1.05. The van der Waals surface area contributed by atoms with Gasteiger partial charge in [-0.25, -0.2) is 9.78 Å². The van der Waals surface area contributed by atoms with Crippen LogP contribution in [0.1, 0.15) is 50.4 Å². The van der Waals surface area contributed by atoms with Crippen molar-refractivity contribution in [2.45, 2.75) is 25.8 Å². The van der Waals surface area contributed by atoms with E-state index in [-0.39, 0.29) is 23.2 Å². The number of amides is 1. The summed E-state index contributed by atoms with van der Waals surface area (Å²) in [6.07, 6.45) is 3.45. The van der Waals surface area contributed by atoms with E-state index in [4.69, 9.17) is 5.11 Å². The average molecular weight is 317 g/mol. The van der Waals surface area contributed by atoms with Crippen LogP contribution in [0.3, 0.4) is 0 Å². The number of pyridine rings is 1. The molecule has 2 N–H and O–H groups in total. The smallest absolute Gasteiger partial charge is 0.335 e. The maximum Gasteiger partial charge on any atom is 0.335 e. The number of carboxylic acid groups (broad SMARTS) is 1. The molecule has 7 heteroatoms. The number of carbonyl (C=O) groups excluding carboxylic acids is 1. The van der Waals surface area contributed by atoms with E-state index in [0.29, 0.717) is 5.92 Å². The van der Waals surface area contributed by atoms with Gasteiger partial charge in [0.05, 0.1) is 11.6 Å². The Bertz CT molecular complexity index is 724. The van der Waals surface area contributed by atoms with Crippen LogP contribution < -0.4 is 5.32 Å². The predicted molar refractivity (Wildman–Crippen MR) is 81.0 cm³/mol. The lowest BCUT2D eigenvalue weighted by atomic mass is 10.1. The third-order valence-corrected chi connectivity index (χ3v) is 4.57. The Hall–Kier alpha value is -2.28. The molecule has 1 unspecified atom stereocenters. The van der Waals surface area contributed by atoms with Gasteiger partial charge in [-0.1, -0.05) is 0 Å². The van der Waals surface area contributed by atoms with Crippen molar-refractivity contribution in [1.29, 1.82) is 0 Å². The minimum atomic E-state index is -1.08. The summed E-state index contributed by atoms with van der Waals surface area (Å²) in [6.45, 7) is 1.92. The number of hydrogen-bond donors (Lipinski definition) is 2. The summed E-state index contributed by atoms with van der Waals surface area (Å²) >= 11 is 1.53. The Morgan fingerprint density at radius 1 is 1.45 bits per heavy atom. The van der Waals surface area contributed by atoms with Gasteiger partial charge in [-0.05, 0) is 37.8 Å². The number of rotatable bonds is 5. The molecule has 0 spiro atoms. The molecule has 22 heavy (non-hydrogen) atoms. The largest absolute Gasteiger partial charge is 0.478 e. The molecule has 1 aliphatic carbocycles. The highest BCUT2D eigenvalue weighted by Gasteiger charge is 2.35. The van der Waals surface area contributed by atoms with E-state index in [1.54, 1.807) is 0 Å². The van der Waals surface area contributed by atoms with Gasteiger partial charge in [0.1, 0.15) is 10.7 Å². The molecule has 3 rings (SSSR count). The lowest BCUT2D eigenvalue weighted by molar-refractivity contribution is 0.0696. The van der Waals surface area contributed by atoms with E-state index < -0.39 is 5.97 Å². The van der Waals surface area contributed by atoms with Crippen molar-refractivity contribution in [3.63, 3.8) is 0 Å². The predicted octanol–water partition coefficient (Wildman–Crippen LogP) is 2.43. The first-order chi connectivity index (χ1) is 10.5. The summed E-state index contributed by atoms with van der Waals surface area (Å²) in [6, 6.07) is 2.53. The molecule has 1 amide bonds.